The molecule has 0 aliphatic rings. The van der Waals surface area contributed by atoms with E-state index in [0.29, 0.717) is 0 Å². The van der Waals surface area contributed by atoms with Gasteiger partial charge in [-0.3, -0.25) is 0 Å². The van der Waals surface area contributed by atoms with E-state index in [4.69, 9.17) is 0 Å². The zero-order chi connectivity index (χ0) is 0. The standard InChI is InChI=1S/Nb.4H2O.Pb.Sc.Ti/h;4*1H2;;;/q+2;;;;;;+3;/p-4. The van der Waals surface area contributed by atoms with Crippen molar-refractivity contribution in [3.63, 3.8) is 0 Å². The quantitative estimate of drug-likeness (QED) is 0.426. The molecular weight excluding hydrogens is 457 g/mol. The number of hydrogen-bond donors (Lipinski definition) is 0. The van der Waals surface area contributed by atoms with Crippen molar-refractivity contribution in [3.05, 3.63) is 0 Å². The minimum Gasteiger partial charge on any atom is -0.870 e. The second-order valence-electron chi connectivity index (χ2n) is 0. The van der Waals surface area contributed by atoms with E-state index in [2.05, 4.69) is 0 Å². The van der Waals surface area contributed by atoms with Crippen LogP contribution in [0.1, 0.15) is 0 Å². The maximum absolute atomic E-state index is 0. The first-order chi connectivity index (χ1) is 0. The molecule has 0 saturated carbocycles. The van der Waals surface area contributed by atoms with Gasteiger partial charge in [0, 0.05) is 49.0 Å². The Labute approximate surface area is 117 Å². The largest absolute Gasteiger partial charge is 3.00 e. The van der Waals surface area contributed by atoms with Crippen molar-refractivity contribution in [2.24, 2.45) is 0 Å². The van der Waals surface area contributed by atoms with Gasteiger partial charge in [0.2, 0.25) is 0 Å². The van der Waals surface area contributed by atoms with E-state index in [1.54, 1.807) is 0 Å². The van der Waals surface area contributed by atoms with Crippen molar-refractivity contribution < 1.29 is 91.8 Å². The van der Waals surface area contributed by atoms with Gasteiger partial charge in [-0.25, -0.2) is 0 Å². The van der Waals surface area contributed by atoms with Crippen LogP contribution in [0.3, 0.4) is 0 Å². The zero-order valence-electron chi connectivity index (χ0n) is 3.81. The van der Waals surface area contributed by atoms with Gasteiger partial charge in [0.05, 0.1) is 0 Å². The van der Waals surface area contributed by atoms with Crippen molar-refractivity contribution in [2.75, 3.05) is 0 Å². The molecule has 4 N–H and O–H groups in total. The van der Waals surface area contributed by atoms with Crippen molar-refractivity contribution >= 4 is 27.3 Å². The predicted octanol–water partition coefficient (Wildman–Crippen LogP) is -1.10. The fourth-order valence-corrected chi connectivity index (χ4v) is 0. The SMILES string of the molecule is [Nb+2].[OH-].[OH-].[OH-].[OH-].[Pb].[Sc+3].[Ti]. The average molecular weight is 461 g/mol. The third-order valence-electron chi connectivity index (χ3n) is 0. The molecule has 0 bridgehead atoms. The maximum Gasteiger partial charge on any atom is 3.00 e. The average Bonchev–Trinajstić information content (AvgIpc) is 0. The molecule has 0 atom stereocenters. The topological polar surface area (TPSA) is 120 Å². The van der Waals surface area contributed by atoms with E-state index in [1.807, 2.05) is 0 Å². The fraction of sp³-hybridized carbons (Fsp3) is 0. The molecule has 0 amide bonds. The Morgan fingerprint density at radius 1 is 0.625 bits per heavy atom. The van der Waals surface area contributed by atoms with Gasteiger partial charge in [-0.15, -0.1) is 0 Å². The molecular formula is H4NbO4PbScTi+. The van der Waals surface area contributed by atoms with Crippen molar-refractivity contribution in [3.8, 4) is 0 Å². The van der Waals surface area contributed by atoms with Crippen molar-refractivity contribution in [2.45, 2.75) is 0 Å². The minimum absolute atomic E-state index is 0. The molecule has 0 rings (SSSR count). The fourth-order valence-electron chi connectivity index (χ4n) is 0. The third-order valence-corrected chi connectivity index (χ3v) is 0. The smallest absolute Gasteiger partial charge is 0.870 e. The summed E-state index contributed by atoms with van der Waals surface area (Å²) in [6.45, 7) is 0. The van der Waals surface area contributed by atoms with Gasteiger partial charge in [0.25, 0.3) is 0 Å². The summed E-state index contributed by atoms with van der Waals surface area (Å²) < 4.78 is 0. The van der Waals surface area contributed by atoms with Gasteiger partial charge in [0.15, 0.2) is 0 Å². The Hall–Kier alpha value is 3.09. The van der Waals surface area contributed by atoms with Crippen LogP contribution in [0.5, 0.6) is 0 Å². The van der Waals surface area contributed by atoms with Gasteiger partial charge < -0.3 is 21.9 Å². The Morgan fingerprint density at radius 2 is 0.625 bits per heavy atom. The zero-order valence-corrected chi connectivity index (χ0v) is 13.3. The summed E-state index contributed by atoms with van der Waals surface area (Å²) >= 11 is 0. The summed E-state index contributed by atoms with van der Waals surface area (Å²) in [5.41, 5.74) is 0. The molecule has 4 nitrogen and oxygen atoms in total. The van der Waals surface area contributed by atoms with E-state index < -0.39 is 0 Å². The predicted molar refractivity (Wildman–Crippen MR) is 13.5 cm³/mol. The first-order valence-electron chi connectivity index (χ1n) is 0. The Kier molecular flexibility index (Phi) is 1290. The molecule has 0 saturated heterocycles. The molecule has 0 aliphatic heterocycles. The van der Waals surface area contributed by atoms with Crippen LogP contribution in [0.2, 0.25) is 0 Å². The van der Waals surface area contributed by atoms with Crippen LogP contribution in [0.25, 0.3) is 0 Å². The van der Waals surface area contributed by atoms with E-state index in [9.17, 15) is 0 Å². The molecule has 0 fully saturated rings. The first-order valence-corrected chi connectivity index (χ1v) is 0. The Bertz CT molecular complexity index is 16.0. The van der Waals surface area contributed by atoms with Crippen LogP contribution in [-0.2, 0) is 69.9 Å². The summed E-state index contributed by atoms with van der Waals surface area (Å²) in [6, 6.07) is 0. The summed E-state index contributed by atoms with van der Waals surface area (Å²) in [6.07, 6.45) is 0. The minimum atomic E-state index is 0. The molecule has 8 heteroatoms. The van der Waals surface area contributed by atoms with Gasteiger partial charge in [-0.2, -0.15) is 0 Å². The molecule has 0 aromatic rings. The van der Waals surface area contributed by atoms with Gasteiger partial charge in [-0.1, -0.05) is 0 Å². The van der Waals surface area contributed by atoms with Crippen LogP contribution in [-0.4, -0.2) is 49.2 Å². The van der Waals surface area contributed by atoms with Gasteiger partial charge >= 0.3 is 48.2 Å². The van der Waals surface area contributed by atoms with Crippen LogP contribution >= 0.6 is 0 Å². The molecule has 0 unspecified atom stereocenters. The summed E-state index contributed by atoms with van der Waals surface area (Å²) in [7, 11) is 0. The molecule has 0 aromatic heterocycles. The van der Waals surface area contributed by atoms with Crippen LogP contribution < -0.4 is 0 Å². The van der Waals surface area contributed by atoms with Gasteiger partial charge in [-0.05, 0) is 0 Å². The molecule has 0 aromatic carbocycles. The van der Waals surface area contributed by atoms with Gasteiger partial charge in [0.1, 0.15) is 0 Å². The molecule has 0 aliphatic carbocycles. The molecule has 0 heterocycles. The maximum atomic E-state index is 0. The first kappa shape index (κ1) is 118. The number of rotatable bonds is 0. The van der Waals surface area contributed by atoms with Crippen LogP contribution in [0, 0.1) is 0 Å². The molecule has 5 radical (unpaired) electrons. The van der Waals surface area contributed by atoms with Crippen molar-refractivity contribution in [1.82, 2.24) is 0 Å². The molecule has 0 spiro atoms. The van der Waals surface area contributed by atoms with E-state index in [1.165, 1.54) is 0 Å². The summed E-state index contributed by atoms with van der Waals surface area (Å²) in [5.74, 6) is 0. The van der Waals surface area contributed by atoms with Crippen molar-refractivity contribution in [1.29, 1.82) is 0 Å². The normalized spacial score (nSPS) is 0. The summed E-state index contributed by atoms with van der Waals surface area (Å²) in [5, 5.41) is 0. The van der Waals surface area contributed by atoms with Crippen LogP contribution in [0.4, 0.5) is 0 Å². The third kappa shape index (κ3) is 62.4. The Balaban J connectivity index is 0. The number of hydrogen-bond acceptors (Lipinski definition) is 4. The second kappa shape index (κ2) is 87.4. The van der Waals surface area contributed by atoms with E-state index in [0.717, 1.165) is 0 Å². The Morgan fingerprint density at radius 3 is 0.625 bits per heavy atom. The van der Waals surface area contributed by atoms with E-state index >= 15 is 0 Å². The second-order valence-corrected chi connectivity index (χ2v) is 0. The van der Waals surface area contributed by atoms with E-state index in [-0.39, 0.29) is 119 Å². The molecule has 8 heavy (non-hydrogen) atoms. The molecule has 43 valence electrons. The van der Waals surface area contributed by atoms with Crippen LogP contribution in [0.15, 0.2) is 0 Å². The monoisotopic (exact) mass is 462 g/mol. The summed E-state index contributed by atoms with van der Waals surface area (Å²) in [4.78, 5) is 0.